The standard InChI is InChI=1S/C16H20F3NO5/c1-23-7-8-25-10-14(21)20-13(15(22)24-2)9-11-3-5-12(6-4-11)16(17,18)19/h3-6,13H,7-10H2,1-2H3,(H,20,21)/t13-/m1/s1. The number of carbonyl (C=O) groups excluding carboxylic acids is 2. The summed E-state index contributed by atoms with van der Waals surface area (Å²) < 4.78 is 52.1. The summed E-state index contributed by atoms with van der Waals surface area (Å²) in [5.74, 6) is -1.25. The van der Waals surface area contributed by atoms with E-state index in [0.717, 1.165) is 19.2 Å². The second kappa shape index (κ2) is 10.00. The minimum atomic E-state index is -4.44. The van der Waals surface area contributed by atoms with Gasteiger partial charge in [0, 0.05) is 13.5 Å². The van der Waals surface area contributed by atoms with Crippen molar-refractivity contribution < 1.29 is 37.0 Å². The van der Waals surface area contributed by atoms with E-state index >= 15 is 0 Å². The summed E-state index contributed by atoms with van der Waals surface area (Å²) in [6.45, 7) is 0.259. The van der Waals surface area contributed by atoms with Gasteiger partial charge >= 0.3 is 12.1 Å². The minimum absolute atomic E-state index is 0.00534. The van der Waals surface area contributed by atoms with Crippen LogP contribution in [0.3, 0.4) is 0 Å². The molecule has 0 saturated carbocycles. The maximum absolute atomic E-state index is 12.6. The van der Waals surface area contributed by atoms with Crippen LogP contribution in [-0.2, 0) is 36.4 Å². The average molecular weight is 363 g/mol. The molecule has 0 heterocycles. The predicted octanol–water partition coefficient (Wildman–Crippen LogP) is 1.57. The first-order chi connectivity index (χ1) is 11.8. The average Bonchev–Trinajstić information content (AvgIpc) is 2.57. The van der Waals surface area contributed by atoms with Crippen molar-refractivity contribution >= 4 is 11.9 Å². The molecule has 0 aliphatic rings. The van der Waals surface area contributed by atoms with Crippen LogP contribution < -0.4 is 5.32 Å². The second-order valence-electron chi connectivity index (χ2n) is 5.09. The van der Waals surface area contributed by atoms with Gasteiger partial charge in [0.2, 0.25) is 5.91 Å². The lowest BCUT2D eigenvalue weighted by Gasteiger charge is -2.17. The zero-order valence-electron chi connectivity index (χ0n) is 13.9. The van der Waals surface area contributed by atoms with Crippen molar-refractivity contribution in [2.75, 3.05) is 34.0 Å². The summed E-state index contributed by atoms with van der Waals surface area (Å²) in [6, 6.07) is 3.30. The third-order valence-electron chi connectivity index (χ3n) is 3.21. The zero-order chi connectivity index (χ0) is 18.9. The Morgan fingerprint density at radius 1 is 1.12 bits per heavy atom. The number of esters is 1. The van der Waals surface area contributed by atoms with E-state index in [-0.39, 0.29) is 19.6 Å². The summed E-state index contributed by atoms with van der Waals surface area (Å²) in [5, 5.41) is 2.44. The molecular weight excluding hydrogens is 343 g/mol. The minimum Gasteiger partial charge on any atom is -0.467 e. The van der Waals surface area contributed by atoms with Crippen LogP contribution in [0.15, 0.2) is 24.3 Å². The van der Waals surface area contributed by atoms with Crippen molar-refractivity contribution in [3.8, 4) is 0 Å². The number of benzene rings is 1. The third kappa shape index (κ3) is 7.53. The normalized spacial score (nSPS) is 12.5. The van der Waals surface area contributed by atoms with E-state index in [4.69, 9.17) is 9.47 Å². The molecule has 9 heteroatoms. The Kier molecular flexibility index (Phi) is 8.36. The maximum atomic E-state index is 12.6. The molecule has 0 saturated heterocycles. The Hall–Kier alpha value is -2.13. The first-order valence-corrected chi connectivity index (χ1v) is 7.38. The van der Waals surface area contributed by atoms with Gasteiger partial charge in [0.15, 0.2) is 0 Å². The second-order valence-corrected chi connectivity index (χ2v) is 5.09. The third-order valence-corrected chi connectivity index (χ3v) is 3.21. The van der Waals surface area contributed by atoms with Gasteiger partial charge in [0.1, 0.15) is 12.6 Å². The van der Waals surface area contributed by atoms with Crippen LogP contribution >= 0.6 is 0 Å². The van der Waals surface area contributed by atoms with E-state index in [2.05, 4.69) is 10.1 Å². The lowest BCUT2D eigenvalue weighted by atomic mass is 10.0. The number of hydrogen-bond acceptors (Lipinski definition) is 5. The molecule has 0 radical (unpaired) electrons. The first kappa shape index (κ1) is 20.9. The number of hydrogen-bond donors (Lipinski definition) is 1. The highest BCUT2D eigenvalue weighted by molar-refractivity contribution is 5.85. The van der Waals surface area contributed by atoms with Gasteiger partial charge in [-0.3, -0.25) is 4.79 Å². The molecular formula is C16H20F3NO5. The smallest absolute Gasteiger partial charge is 0.416 e. The largest absolute Gasteiger partial charge is 0.467 e. The molecule has 0 aliphatic carbocycles. The van der Waals surface area contributed by atoms with E-state index in [1.807, 2.05) is 0 Å². The molecule has 0 aromatic heterocycles. The molecule has 1 amide bonds. The number of alkyl halides is 3. The van der Waals surface area contributed by atoms with Gasteiger partial charge in [-0.25, -0.2) is 4.79 Å². The SMILES string of the molecule is COCCOCC(=O)N[C@H](Cc1ccc(C(F)(F)F)cc1)C(=O)OC. The molecule has 1 aromatic carbocycles. The monoisotopic (exact) mass is 363 g/mol. The molecule has 0 bridgehead atoms. The lowest BCUT2D eigenvalue weighted by Crippen LogP contribution is -2.44. The summed E-state index contributed by atoms with van der Waals surface area (Å²) in [5.41, 5.74) is -0.342. The maximum Gasteiger partial charge on any atom is 0.416 e. The number of carbonyl (C=O) groups is 2. The van der Waals surface area contributed by atoms with Gasteiger partial charge in [-0.2, -0.15) is 13.2 Å². The van der Waals surface area contributed by atoms with Crippen molar-refractivity contribution in [1.82, 2.24) is 5.32 Å². The van der Waals surface area contributed by atoms with Gasteiger partial charge < -0.3 is 19.5 Å². The molecule has 140 valence electrons. The van der Waals surface area contributed by atoms with Crippen LogP contribution in [0.25, 0.3) is 0 Å². The Morgan fingerprint density at radius 2 is 1.76 bits per heavy atom. The number of nitrogens with one attached hydrogen (secondary N) is 1. The van der Waals surface area contributed by atoms with Crippen LogP contribution in [0.4, 0.5) is 13.2 Å². The van der Waals surface area contributed by atoms with E-state index < -0.39 is 29.7 Å². The molecule has 0 spiro atoms. The van der Waals surface area contributed by atoms with Crippen LogP contribution in [0.1, 0.15) is 11.1 Å². The Morgan fingerprint density at radius 3 is 2.28 bits per heavy atom. The highest BCUT2D eigenvalue weighted by Crippen LogP contribution is 2.29. The van der Waals surface area contributed by atoms with Crippen molar-refractivity contribution in [3.63, 3.8) is 0 Å². The molecule has 6 nitrogen and oxygen atoms in total. The summed E-state index contributed by atoms with van der Waals surface area (Å²) in [4.78, 5) is 23.6. The first-order valence-electron chi connectivity index (χ1n) is 7.38. The fourth-order valence-electron chi connectivity index (χ4n) is 1.94. The number of halogens is 3. The molecule has 25 heavy (non-hydrogen) atoms. The quantitative estimate of drug-likeness (QED) is 0.533. The molecule has 1 N–H and O–H groups in total. The van der Waals surface area contributed by atoms with E-state index in [0.29, 0.717) is 12.2 Å². The Balaban J connectivity index is 2.67. The fraction of sp³-hybridized carbons (Fsp3) is 0.500. The van der Waals surface area contributed by atoms with E-state index in [1.54, 1.807) is 0 Å². The van der Waals surface area contributed by atoms with Crippen LogP contribution in [0.5, 0.6) is 0 Å². The molecule has 0 fully saturated rings. The molecule has 0 aliphatic heterocycles. The van der Waals surface area contributed by atoms with Gasteiger partial charge in [-0.1, -0.05) is 12.1 Å². The molecule has 1 rings (SSSR count). The fourth-order valence-corrected chi connectivity index (χ4v) is 1.94. The van der Waals surface area contributed by atoms with Crippen molar-refractivity contribution in [1.29, 1.82) is 0 Å². The number of rotatable bonds is 9. The van der Waals surface area contributed by atoms with E-state index in [1.165, 1.54) is 19.2 Å². The lowest BCUT2D eigenvalue weighted by molar-refractivity contribution is -0.145. The van der Waals surface area contributed by atoms with Gasteiger partial charge in [0.25, 0.3) is 0 Å². The summed E-state index contributed by atoms with van der Waals surface area (Å²) in [7, 11) is 2.64. The Labute approximate surface area is 143 Å². The van der Waals surface area contributed by atoms with Crippen LogP contribution in [-0.4, -0.2) is 52.0 Å². The summed E-state index contributed by atoms with van der Waals surface area (Å²) >= 11 is 0. The van der Waals surface area contributed by atoms with Gasteiger partial charge in [0.05, 0.1) is 25.9 Å². The van der Waals surface area contributed by atoms with Crippen molar-refractivity contribution in [2.45, 2.75) is 18.6 Å². The summed E-state index contributed by atoms with van der Waals surface area (Å²) in [6.07, 6.45) is -4.44. The van der Waals surface area contributed by atoms with Crippen LogP contribution in [0.2, 0.25) is 0 Å². The number of methoxy groups -OCH3 is 2. The highest BCUT2D eigenvalue weighted by atomic mass is 19.4. The highest BCUT2D eigenvalue weighted by Gasteiger charge is 2.30. The van der Waals surface area contributed by atoms with Crippen molar-refractivity contribution in [3.05, 3.63) is 35.4 Å². The van der Waals surface area contributed by atoms with Gasteiger partial charge in [-0.15, -0.1) is 0 Å². The number of amides is 1. The topological polar surface area (TPSA) is 73.9 Å². The molecule has 0 unspecified atom stereocenters. The number of ether oxygens (including phenoxy) is 3. The van der Waals surface area contributed by atoms with Crippen LogP contribution in [0, 0.1) is 0 Å². The van der Waals surface area contributed by atoms with E-state index in [9.17, 15) is 22.8 Å². The Bertz CT molecular complexity index is 560. The zero-order valence-corrected chi connectivity index (χ0v) is 13.9. The van der Waals surface area contributed by atoms with Crippen molar-refractivity contribution in [2.24, 2.45) is 0 Å². The predicted molar refractivity (Wildman–Crippen MR) is 81.8 cm³/mol. The molecule has 1 atom stereocenters. The van der Waals surface area contributed by atoms with Gasteiger partial charge in [-0.05, 0) is 17.7 Å². The molecule has 1 aromatic rings.